The van der Waals surface area contributed by atoms with Crippen LogP contribution in [0.25, 0.3) is 17.0 Å². The fourth-order valence-electron chi connectivity index (χ4n) is 5.75. The number of benzene rings is 3. The maximum atomic E-state index is 14.3. The molecule has 9 nitrogen and oxygen atoms in total. The van der Waals surface area contributed by atoms with Crippen LogP contribution in [0.4, 0.5) is 0 Å². The zero-order chi connectivity index (χ0) is 31.7. The Labute approximate surface area is 263 Å². The number of carbonyl (C=O) groups is 1. The molecule has 0 bridgehead atoms. The van der Waals surface area contributed by atoms with Gasteiger partial charge in [-0.3, -0.25) is 9.36 Å². The summed E-state index contributed by atoms with van der Waals surface area (Å²) in [7, 11) is 3.10. The van der Waals surface area contributed by atoms with Crippen molar-refractivity contribution in [2.75, 3.05) is 20.8 Å². The number of fused-ring (bicyclic) bond motifs is 2. The molecule has 1 aliphatic rings. The van der Waals surface area contributed by atoms with Crippen LogP contribution in [0, 0.1) is 11.3 Å². The van der Waals surface area contributed by atoms with Crippen LogP contribution in [0.2, 0.25) is 0 Å². The molecule has 0 aliphatic carbocycles. The maximum absolute atomic E-state index is 14.3. The Morgan fingerprint density at radius 3 is 2.62 bits per heavy atom. The molecular formula is C35H30N4O5S. The topological polar surface area (TPSA) is 108 Å². The minimum Gasteiger partial charge on any atom is -0.497 e. The third kappa shape index (κ3) is 5.32. The van der Waals surface area contributed by atoms with Gasteiger partial charge in [-0.15, -0.1) is 0 Å². The van der Waals surface area contributed by atoms with Crippen molar-refractivity contribution in [2.24, 2.45) is 4.99 Å². The zero-order valence-electron chi connectivity index (χ0n) is 25.2. The van der Waals surface area contributed by atoms with E-state index in [0.717, 1.165) is 22.0 Å². The fraction of sp³-hybridized carbons (Fsp3) is 0.200. The first-order valence-electron chi connectivity index (χ1n) is 14.4. The molecule has 0 radical (unpaired) electrons. The van der Waals surface area contributed by atoms with Gasteiger partial charge in [-0.05, 0) is 55.8 Å². The van der Waals surface area contributed by atoms with E-state index in [1.807, 2.05) is 60.8 Å². The highest BCUT2D eigenvalue weighted by molar-refractivity contribution is 7.07. The molecular weight excluding hydrogens is 588 g/mol. The van der Waals surface area contributed by atoms with Gasteiger partial charge in [0.15, 0.2) is 4.80 Å². The molecule has 45 heavy (non-hydrogen) atoms. The van der Waals surface area contributed by atoms with Gasteiger partial charge in [-0.2, -0.15) is 5.26 Å². The lowest BCUT2D eigenvalue weighted by molar-refractivity contribution is -0.139. The number of hydrogen-bond donors (Lipinski definition) is 0. The first-order chi connectivity index (χ1) is 21.9. The van der Waals surface area contributed by atoms with Gasteiger partial charge in [-0.25, -0.2) is 9.79 Å². The van der Waals surface area contributed by atoms with E-state index in [4.69, 9.17) is 19.2 Å². The van der Waals surface area contributed by atoms with Gasteiger partial charge >= 0.3 is 5.97 Å². The molecule has 0 spiro atoms. The zero-order valence-corrected chi connectivity index (χ0v) is 26.1. The van der Waals surface area contributed by atoms with Gasteiger partial charge in [0.25, 0.3) is 5.56 Å². The Hall–Kier alpha value is -5.40. The van der Waals surface area contributed by atoms with Crippen LogP contribution in [-0.4, -0.2) is 35.9 Å². The number of nitriles is 1. The molecule has 0 unspecified atom stereocenters. The summed E-state index contributed by atoms with van der Waals surface area (Å²) >= 11 is 1.25. The van der Waals surface area contributed by atoms with E-state index in [9.17, 15) is 14.9 Å². The molecule has 0 fully saturated rings. The van der Waals surface area contributed by atoms with Gasteiger partial charge in [-0.1, -0.05) is 47.7 Å². The summed E-state index contributed by atoms with van der Waals surface area (Å²) in [5.74, 6) is 0.493. The smallest absolute Gasteiger partial charge is 0.338 e. The van der Waals surface area contributed by atoms with E-state index >= 15 is 0 Å². The molecule has 2 aromatic heterocycles. The molecule has 6 rings (SSSR count). The van der Waals surface area contributed by atoms with Gasteiger partial charge in [0.05, 0.1) is 48.3 Å². The van der Waals surface area contributed by atoms with Gasteiger partial charge < -0.3 is 18.8 Å². The highest BCUT2D eigenvalue weighted by atomic mass is 32.1. The highest BCUT2D eigenvalue weighted by Gasteiger charge is 2.35. The summed E-state index contributed by atoms with van der Waals surface area (Å²) in [5, 5.41) is 10.6. The van der Waals surface area contributed by atoms with Crippen molar-refractivity contribution in [2.45, 2.75) is 26.4 Å². The number of nitrogens with zero attached hydrogens (tertiary/aromatic N) is 4. The SMILES string of the molecule is CCOC(=O)C1=C(C)N=c2s/c(=C/c3cn(Cc4ccccc4C#N)c4ccccc34)c(=O)n2[C@@H]1c1cc(OC)ccc1OC. The Kier molecular flexibility index (Phi) is 8.11. The lowest BCUT2D eigenvalue weighted by atomic mass is 9.94. The highest BCUT2D eigenvalue weighted by Crippen LogP contribution is 2.38. The number of allylic oxidation sites excluding steroid dienone is 1. The second-order valence-corrected chi connectivity index (χ2v) is 11.4. The van der Waals surface area contributed by atoms with Gasteiger partial charge in [0.2, 0.25) is 0 Å². The molecule has 3 heterocycles. The number of hydrogen-bond acceptors (Lipinski definition) is 8. The number of methoxy groups -OCH3 is 2. The minimum absolute atomic E-state index is 0.172. The molecule has 0 N–H and O–H groups in total. The molecule has 3 aromatic carbocycles. The number of thiazole rings is 1. The summed E-state index contributed by atoms with van der Waals surface area (Å²) in [4.78, 5) is 32.8. The predicted octanol–water partition coefficient (Wildman–Crippen LogP) is 4.69. The standard InChI is InChI=1S/C35H30N4O5S/c1-5-44-34(41)31-21(2)37-35-39(32(31)27-17-25(42-3)14-15-29(27)43-4)33(40)30(45-35)16-24-20-38(28-13-9-8-12-26(24)28)19-23-11-7-6-10-22(23)18-36/h6-17,20,32H,5,19H2,1-4H3/b30-16+/t32-/m1/s1. The molecule has 226 valence electrons. The molecule has 0 saturated carbocycles. The van der Waals surface area contributed by atoms with Crippen LogP contribution in [0.5, 0.6) is 11.5 Å². The first kappa shape index (κ1) is 29.7. The summed E-state index contributed by atoms with van der Waals surface area (Å²) in [5.41, 5.74) is 4.35. The van der Waals surface area contributed by atoms with Crippen LogP contribution in [0.15, 0.2) is 94.0 Å². The van der Waals surface area contributed by atoms with Crippen LogP contribution in [-0.2, 0) is 16.1 Å². The van der Waals surface area contributed by atoms with Crippen molar-refractivity contribution in [3.63, 3.8) is 0 Å². The second-order valence-electron chi connectivity index (χ2n) is 10.4. The Morgan fingerprint density at radius 1 is 1.09 bits per heavy atom. The van der Waals surface area contributed by atoms with E-state index < -0.39 is 12.0 Å². The predicted molar refractivity (Wildman–Crippen MR) is 172 cm³/mol. The van der Waals surface area contributed by atoms with Crippen molar-refractivity contribution in [3.8, 4) is 17.6 Å². The van der Waals surface area contributed by atoms with Crippen LogP contribution < -0.4 is 24.4 Å². The Morgan fingerprint density at radius 2 is 1.87 bits per heavy atom. The second kappa shape index (κ2) is 12.3. The number of aromatic nitrogens is 2. The first-order valence-corrected chi connectivity index (χ1v) is 15.2. The largest absolute Gasteiger partial charge is 0.497 e. The molecule has 1 aliphatic heterocycles. The van der Waals surface area contributed by atoms with Gasteiger partial charge in [0, 0.05) is 34.8 Å². The summed E-state index contributed by atoms with van der Waals surface area (Å²) in [6, 6.07) is 22.2. The average molecular weight is 619 g/mol. The third-order valence-electron chi connectivity index (χ3n) is 7.83. The molecule has 1 atom stereocenters. The van der Waals surface area contributed by atoms with E-state index in [1.54, 1.807) is 46.3 Å². The van der Waals surface area contributed by atoms with Crippen molar-refractivity contribution in [1.82, 2.24) is 9.13 Å². The number of carbonyl (C=O) groups excluding carboxylic acids is 1. The average Bonchev–Trinajstić information content (AvgIpc) is 3.56. The molecule has 5 aromatic rings. The lowest BCUT2D eigenvalue weighted by Crippen LogP contribution is -2.40. The number of rotatable bonds is 8. The Bertz CT molecular complexity index is 2220. The van der Waals surface area contributed by atoms with Gasteiger partial charge in [0.1, 0.15) is 17.5 Å². The summed E-state index contributed by atoms with van der Waals surface area (Å²) in [6.07, 6.45) is 3.86. The number of ether oxygens (including phenoxy) is 3. The summed E-state index contributed by atoms with van der Waals surface area (Å²) < 4.78 is 20.7. The minimum atomic E-state index is -0.851. The third-order valence-corrected chi connectivity index (χ3v) is 8.82. The van der Waals surface area contributed by atoms with E-state index in [-0.39, 0.29) is 17.7 Å². The monoisotopic (exact) mass is 618 g/mol. The van der Waals surface area contributed by atoms with Crippen molar-refractivity contribution in [1.29, 1.82) is 5.26 Å². The molecule has 10 heteroatoms. The van der Waals surface area contributed by atoms with Crippen molar-refractivity contribution < 1.29 is 19.0 Å². The van der Waals surface area contributed by atoms with Crippen LogP contribution >= 0.6 is 11.3 Å². The van der Waals surface area contributed by atoms with Crippen LogP contribution in [0.3, 0.4) is 0 Å². The fourth-order valence-corrected chi connectivity index (χ4v) is 6.79. The molecule has 0 saturated heterocycles. The summed E-state index contributed by atoms with van der Waals surface area (Å²) in [6.45, 7) is 4.15. The normalized spacial score (nSPS) is 14.6. The van der Waals surface area contributed by atoms with Crippen molar-refractivity contribution >= 4 is 34.3 Å². The lowest BCUT2D eigenvalue weighted by Gasteiger charge is -2.26. The quantitative estimate of drug-likeness (QED) is 0.234. The maximum Gasteiger partial charge on any atom is 0.338 e. The Balaban J connectivity index is 1.55. The van der Waals surface area contributed by atoms with E-state index in [1.165, 1.54) is 15.9 Å². The molecule has 0 amide bonds. The van der Waals surface area contributed by atoms with Crippen molar-refractivity contribution in [3.05, 3.63) is 126 Å². The van der Waals surface area contributed by atoms with Crippen LogP contribution in [0.1, 0.15) is 42.1 Å². The number of esters is 1. The number of para-hydroxylation sites is 1. The van der Waals surface area contributed by atoms with E-state index in [0.29, 0.717) is 44.2 Å². The van der Waals surface area contributed by atoms with E-state index in [2.05, 4.69) is 10.6 Å².